The standard InChI is InChI=1S/C11H15N5O2/c1-16-10(12)14-15-11(16)13-5-4-7-2-3-8(17)9(18)6-7/h2-3,6,17-18H,4-5H2,1H3,(H2,12,14)(H,13,15). The van der Waals surface area contributed by atoms with Crippen LogP contribution in [0.1, 0.15) is 5.56 Å². The van der Waals surface area contributed by atoms with Crippen LogP contribution in [0.25, 0.3) is 0 Å². The van der Waals surface area contributed by atoms with Gasteiger partial charge in [-0.15, -0.1) is 10.2 Å². The lowest BCUT2D eigenvalue weighted by Gasteiger charge is -2.06. The van der Waals surface area contributed by atoms with Crippen molar-refractivity contribution >= 4 is 11.9 Å². The van der Waals surface area contributed by atoms with Gasteiger partial charge in [-0.2, -0.15) is 0 Å². The monoisotopic (exact) mass is 249 g/mol. The topological polar surface area (TPSA) is 109 Å². The third-order valence-electron chi connectivity index (χ3n) is 2.65. The van der Waals surface area contributed by atoms with Crippen LogP contribution in [0.2, 0.25) is 0 Å². The van der Waals surface area contributed by atoms with Crippen LogP contribution < -0.4 is 11.1 Å². The normalized spacial score (nSPS) is 10.5. The van der Waals surface area contributed by atoms with Crippen molar-refractivity contribution in [3.8, 4) is 11.5 Å². The van der Waals surface area contributed by atoms with Crippen molar-refractivity contribution in [1.29, 1.82) is 0 Å². The molecule has 0 bridgehead atoms. The number of aromatic nitrogens is 3. The summed E-state index contributed by atoms with van der Waals surface area (Å²) in [6.45, 7) is 0.621. The van der Waals surface area contributed by atoms with Gasteiger partial charge in [-0.1, -0.05) is 6.07 Å². The van der Waals surface area contributed by atoms with E-state index in [1.54, 1.807) is 17.7 Å². The summed E-state index contributed by atoms with van der Waals surface area (Å²) < 4.78 is 1.65. The number of phenols is 2. The highest BCUT2D eigenvalue weighted by atomic mass is 16.3. The summed E-state index contributed by atoms with van der Waals surface area (Å²) in [6, 6.07) is 4.74. The van der Waals surface area contributed by atoms with E-state index in [9.17, 15) is 10.2 Å². The molecule has 5 N–H and O–H groups in total. The lowest BCUT2D eigenvalue weighted by Crippen LogP contribution is -2.09. The predicted molar refractivity (Wildman–Crippen MR) is 67.4 cm³/mol. The van der Waals surface area contributed by atoms with Crippen molar-refractivity contribution in [1.82, 2.24) is 14.8 Å². The van der Waals surface area contributed by atoms with E-state index in [4.69, 9.17) is 5.73 Å². The van der Waals surface area contributed by atoms with E-state index in [2.05, 4.69) is 15.5 Å². The van der Waals surface area contributed by atoms with E-state index in [-0.39, 0.29) is 11.5 Å². The van der Waals surface area contributed by atoms with Crippen molar-refractivity contribution < 1.29 is 10.2 Å². The minimum Gasteiger partial charge on any atom is -0.504 e. The van der Waals surface area contributed by atoms with Gasteiger partial charge < -0.3 is 21.3 Å². The highest BCUT2D eigenvalue weighted by molar-refractivity contribution is 5.41. The van der Waals surface area contributed by atoms with E-state index in [0.29, 0.717) is 24.9 Å². The first kappa shape index (κ1) is 12.0. The zero-order valence-corrected chi connectivity index (χ0v) is 9.96. The fourth-order valence-corrected chi connectivity index (χ4v) is 1.54. The summed E-state index contributed by atoms with van der Waals surface area (Å²) in [5.41, 5.74) is 6.46. The molecular weight excluding hydrogens is 234 g/mol. The van der Waals surface area contributed by atoms with Crippen LogP contribution in [0, 0.1) is 0 Å². The first-order valence-corrected chi connectivity index (χ1v) is 5.47. The summed E-state index contributed by atoms with van der Waals surface area (Å²) in [4.78, 5) is 0. The smallest absolute Gasteiger partial charge is 0.225 e. The Morgan fingerprint density at radius 1 is 1.28 bits per heavy atom. The second kappa shape index (κ2) is 4.82. The second-order valence-corrected chi connectivity index (χ2v) is 3.94. The van der Waals surface area contributed by atoms with Gasteiger partial charge in [0.2, 0.25) is 11.9 Å². The van der Waals surface area contributed by atoms with Crippen molar-refractivity contribution in [2.24, 2.45) is 7.05 Å². The number of anilines is 2. The summed E-state index contributed by atoms with van der Waals surface area (Å²) in [5, 5.41) is 29.2. The molecule has 0 saturated carbocycles. The SMILES string of the molecule is Cn1c(N)nnc1NCCc1ccc(O)c(O)c1. The lowest BCUT2D eigenvalue weighted by molar-refractivity contribution is 0.403. The minimum absolute atomic E-state index is 0.115. The van der Waals surface area contributed by atoms with Crippen LogP contribution in [0.15, 0.2) is 18.2 Å². The van der Waals surface area contributed by atoms with Crippen molar-refractivity contribution in [3.05, 3.63) is 23.8 Å². The van der Waals surface area contributed by atoms with Gasteiger partial charge in [0.1, 0.15) is 0 Å². The maximum atomic E-state index is 9.35. The number of phenolic OH excluding ortho intramolecular Hbond substituents is 2. The number of nitrogens with one attached hydrogen (secondary N) is 1. The van der Waals surface area contributed by atoms with Gasteiger partial charge in [0.25, 0.3) is 0 Å². The first-order chi connectivity index (χ1) is 8.58. The molecule has 0 saturated heterocycles. The Hall–Kier alpha value is -2.44. The molecule has 1 heterocycles. The Balaban J connectivity index is 1.92. The zero-order valence-electron chi connectivity index (χ0n) is 9.96. The molecule has 0 spiro atoms. The van der Waals surface area contributed by atoms with E-state index >= 15 is 0 Å². The Bertz CT molecular complexity index is 552. The fraction of sp³-hybridized carbons (Fsp3) is 0.273. The van der Waals surface area contributed by atoms with Gasteiger partial charge in [0.05, 0.1) is 0 Å². The Morgan fingerprint density at radius 3 is 2.67 bits per heavy atom. The van der Waals surface area contributed by atoms with Crippen LogP contribution in [-0.2, 0) is 13.5 Å². The summed E-state index contributed by atoms with van der Waals surface area (Å²) >= 11 is 0. The van der Waals surface area contributed by atoms with Gasteiger partial charge in [-0.05, 0) is 24.1 Å². The average Bonchev–Trinajstić information content (AvgIpc) is 2.66. The highest BCUT2D eigenvalue weighted by Crippen LogP contribution is 2.24. The molecule has 18 heavy (non-hydrogen) atoms. The molecule has 96 valence electrons. The third kappa shape index (κ3) is 2.45. The molecule has 7 nitrogen and oxygen atoms in total. The van der Waals surface area contributed by atoms with Gasteiger partial charge in [-0.3, -0.25) is 4.57 Å². The highest BCUT2D eigenvalue weighted by Gasteiger charge is 2.05. The van der Waals surface area contributed by atoms with Gasteiger partial charge in [0.15, 0.2) is 11.5 Å². The van der Waals surface area contributed by atoms with Crippen molar-refractivity contribution in [2.45, 2.75) is 6.42 Å². The number of nitrogens with zero attached hydrogens (tertiary/aromatic N) is 3. The molecule has 1 aromatic carbocycles. The summed E-state index contributed by atoms with van der Waals surface area (Å²) in [5.74, 6) is 0.707. The van der Waals surface area contributed by atoms with Gasteiger partial charge in [-0.25, -0.2) is 0 Å². The Labute approximate surface area is 104 Å². The number of hydrogen-bond acceptors (Lipinski definition) is 6. The predicted octanol–water partition coefficient (Wildman–Crippen LogP) is 0.463. The van der Waals surface area contributed by atoms with E-state index in [0.717, 1.165) is 5.56 Å². The van der Waals surface area contributed by atoms with Gasteiger partial charge in [0, 0.05) is 13.6 Å². The second-order valence-electron chi connectivity index (χ2n) is 3.94. The molecule has 7 heteroatoms. The average molecular weight is 249 g/mol. The molecule has 0 unspecified atom stereocenters. The maximum Gasteiger partial charge on any atom is 0.225 e. The van der Waals surface area contributed by atoms with E-state index in [1.165, 1.54) is 12.1 Å². The number of hydrogen-bond donors (Lipinski definition) is 4. The molecule has 0 aliphatic rings. The summed E-state index contributed by atoms with van der Waals surface area (Å²) in [6.07, 6.45) is 0.681. The molecule has 2 aromatic rings. The largest absolute Gasteiger partial charge is 0.504 e. The first-order valence-electron chi connectivity index (χ1n) is 5.47. The van der Waals surface area contributed by atoms with Gasteiger partial charge >= 0.3 is 0 Å². The maximum absolute atomic E-state index is 9.35. The molecule has 0 aliphatic heterocycles. The van der Waals surface area contributed by atoms with Crippen LogP contribution in [0.5, 0.6) is 11.5 Å². The van der Waals surface area contributed by atoms with Crippen molar-refractivity contribution in [2.75, 3.05) is 17.6 Å². The molecular formula is C11H15N5O2. The number of nitrogens with two attached hydrogens (primary N) is 1. The molecule has 0 amide bonds. The molecule has 0 atom stereocenters. The van der Waals surface area contributed by atoms with Crippen molar-refractivity contribution in [3.63, 3.8) is 0 Å². The quantitative estimate of drug-likeness (QED) is 0.586. The Morgan fingerprint density at radius 2 is 2.06 bits per heavy atom. The van der Waals surface area contributed by atoms with Crippen LogP contribution in [0.4, 0.5) is 11.9 Å². The number of nitrogen functional groups attached to an aromatic ring is 1. The van der Waals surface area contributed by atoms with Crippen LogP contribution >= 0.6 is 0 Å². The lowest BCUT2D eigenvalue weighted by atomic mass is 10.1. The number of benzene rings is 1. The number of rotatable bonds is 4. The molecule has 0 aliphatic carbocycles. The minimum atomic E-state index is -0.118. The fourth-order valence-electron chi connectivity index (χ4n) is 1.54. The van der Waals surface area contributed by atoms with E-state index in [1.807, 2.05) is 0 Å². The molecule has 1 aromatic heterocycles. The molecule has 0 fully saturated rings. The van der Waals surface area contributed by atoms with E-state index < -0.39 is 0 Å². The summed E-state index contributed by atoms with van der Waals surface area (Å²) in [7, 11) is 1.77. The van der Waals surface area contributed by atoms with Crippen LogP contribution in [-0.4, -0.2) is 31.5 Å². The zero-order chi connectivity index (χ0) is 13.1. The Kier molecular flexibility index (Phi) is 3.22. The molecule has 2 rings (SSSR count). The van der Waals surface area contributed by atoms with Crippen LogP contribution in [0.3, 0.4) is 0 Å². The molecule has 0 radical (unpaired) electrons. The number of aromatic hydroxyl groups is 2. The third-order valence-corrected chi connectivity index (χ3v) is 2.65.